The molecule has 196 valence electrons. The third-order valence-corrected chi connectivity index (χ3v) is 8.35. The van der Waals surface area contributed by atoms with Gasteiger partial charge in [0.2, 0.25) is 0 Å². The lowest BCUT2D eigenvalue weighted by Crippen LogP contribution is -2.34. The molecule has 3 N–H and O–H groups in total. The molecule has 6 rings (SSSR count). The predicted octanol–water partition coefficient (Wildman–Crippen LogP) is 6.42. The van der Waals surface area contributed by atoms with E-state index in [1.807, 2.05) is 50.4 Å². The number of nitrogens with one attached hydrogen (secondary N) is 1. The molecule has 1 saturated carbocycles. The van der Waals surface area contributed by atoms with Crippen molar-refractivity contribution in [1.82, 2.24) is 10.3 Å². The van der Waals surface area contributed by atoms with E-state index in [9.17, 15) is 14.0 Å². The van der Waals surface area contributed by atoms with Gasteiger partial charge >= 0.3 is 0 Å². The van der Waals surface area contributed by atoms with Crippen LogP contribution in [0.5, 0.6) is 0 Å². The number of halogens is 1. The Hall–Kier alpha value is -4.30. The molecule has 2 amide bonds. The molecule has 5 aromatic rings. The van der Waals surface area contributed by atoms with Crippen molar-refractivity contribution in [2.24, 2.45) is 5.73 Å². The van der Waals surface area contributed by atoms with Gasteiger partial charge in [-0.25, -0.2) is 9.37 Å². The van der Waals surface area contributed by atoms with Crippen molar-refractivity contribution in [2.75, 3.05) is 0 Å². The molecule has 6 nitrogen and oxygen atoms in total. The Morgan fingerprint density at radius 1 is 1.08 bits per heavy atom. The Kier molecular flexibility index (Phi) is 6.07. The number of rotatable bonds is 7. The highest BCUT2D eigenvalue weighted by molar-refractivity contribution is 7.11. The van der Waals surface area contributed by atoms with E-state index in [4.69, 9.17) is 10.2 Å². The fourth-order valence-corrected chi connectivity index (χ4v) is 5.92. The van der Waals surface area contributed by atoms with Crippen LogP contribution < -0.4 is 11.1 Å². The second-order valence-electron chi connectivity index (χ2n) is 10.1. The number of benzene rings is 3. The topological polar surface area (TPSA) is 98.2 Å². The maximum absolute atomic E-state index is 13.4. The number of aromatic nitrogens is 1. The first-order valence-corrected chi connectivity index (χ1v) is 13.5. The number of amides is 2. The molecule has 8 heteroatoms. The van der Waals surface area contributed by atoms with Crippen LogP contribution in [-0.4, -0.2) is 16.8 Å². The molecule has 2 heterocycles. The molecule has 1 aliphatic rings. The summed E-state index contributed by atoms with van der Waals surface area (Å²) in [7, 11) is 0. The van der Waals surface area contributed by atoms with Crippen LogP contribution in [0.2, 0.25) is 0 Å². The van der Waals surface area contributed by atoms with Gasteiger partial charge in [-0.15, -0.1) is 11.3 Å². The lowest BCUT2D eigenvalue weighted by Gasteiger charge is -2.16. The van der Waals surface area contributed by atoms with Gasteiger partial charge in [-0.2, -0.15) is 0 Å². The summed E-state index contributed by atoms with van der Waals surface area (Å²) in [5, 5.41) is 4.75. The van der Waals surface area contributed by atoms with Gasteiger partial charge in [-0.3, -0.25) is 9.59 Å². The summed E-state index contributed by atoms with van der Waals surface area (Å²) in [6, 6.07) is 17.3. The number of nitrogens with two attached hydrogens (primary N) is 1. The summed E-state index contributed by atoms with van der Waals surface area (Å²) >= 11 is 1.62. The zero-order valence-electron chi connectivity index (χ0n) is 21.5. The Morgan fingerprint density at radius 3 is 2.51 bits per heavy atom. The van der Waals surface area contributed by atoms with E-state index >= 15 is 0 Å². The number of thiazole rings is 1. The SMILES string of the molecule is Cc1cnc(C2(NC(=O)c3ccc(C)c(-c4ccc5oc(Cc6ccc(F)cc6)c(C(N)=O)c5c4)c3)CC2)s1. The van der Waals surface area contributed by atoms with E-state index in [0.29, 0.717) is 34.3 Å². The molecule has 3 aromatic carbocycles. The van der Waals surface area contributed by atoms with Crippen molar-refractivity contribution in [3.05, 3.63) is 111 Å². The molecular formula is C31H26FN3O3S. The zero-order chi connectivity index (χ0) is 27.3. The Balaban J connectivity index is 1.33. The fraction of sp³-hybridized carbons (Fsp3) is 0.194. The van der Waals surface area contributed by atoms with Crippen LogP contribution in [0.25, 0.3) is 22.1 Å². The fourth-order valence-electron chi connectivity index (χ4n) is 4.96. The summed E-state index contributed by atoms with van der Waals surface area (Å²) in [5.74, 6) is -0.649. The van der Waals surface area contributed by atoms with Crippen LogP contribution in [0.1, 0.15) is 60.3 Å². The first-order chi connectivity index (χ1) is 18.7. The van der Waals surface area contributed by atoms with E-state index < -0.39 is 5.91 Å². The van der Waals surface area contributed by atoms with Gasteiger partial charge in [0.25, 0.3) is 11.8 Å². The first kappa shape index (κ1) is 25.0. The maximum atomic E-state index is 13.4. The van der Waals surface area contributed by atoms with Crippen molar-refractivity contribution < 1.29 is 18.4 Å². The normalized spacial score (nSPS) is 13.9. The average Bonchev–Trinajstić information content (AvgIpc) is 3.39. The zero-order valence-corrected chi connectivity index (χ0v) is 22.3. The lowest BCUT2D eigenvalue weighted by atomic mass is 9.95. The minimum absolute atomic E-state index is 0.148. The summed E-state index contributed by atoms with van der Waals surface area (Å²) in [6.45, 7) is 3.99. The number of hydrogen-bond acceptors (Lipinski definition) is 5. The van der Waals surface area contributed by atoms with Gasteiger partial charge in [0.05, 0.1) is 11.1 Å². The molecule has 2 aromatic heterocycles. The number of aryl methyl sites for hydroxylation is 2. The number of primary amides is 1. The summed E-state index contributed by atoms with van der Waals surface area (Å²) in [5.41, 5.74) is 10.3. The van der Waals surface area contributed by atoms with Crippen LogP contribution in [0.15, 0.2) is 71.3 Å². The van der Waals surface area contributed by atoms with E-state index in [2.05, 4.69) is 10.3 Å². The Labute approximate surface area is 228 Å². The Bertz CT molecular complexity index is 1750. The molecule has 0 radical (unpaired) electrons. The number of furan rings is 1. The van der Waals surface area contributed by atoms with Gasteiger partial charge < -0.3 is 15.5 Å². The van der Waals surface area contributed by atoms with Crippen molar-refractivity contribution in [3.8, 4) is 11.1 Å². The Morgan fingerprint density at radius 2 is 1.85 bits per heavy atom. The lowest BCUT2D eigenvalue weighted by molar-refractivity contribution is 0.0929. The molecular weight excluding hydrogens is 513 g/mol. The molecule has 0 saturated heterocycles. The standard InChI is InChI=1S/C31H26FN3O3S/c1-17-3-6-21(29(37)35-31(11-12-31)30-34-16-18(2)39-30)15-23(17)20-7-10-25-24(14-20)27(28(33)36)26(38-25)13-19-4-8-22(32)9-5-19/h3-10,14-16H,11-13H2,1-2H3,(H2,33,36)(H,35,37). The van der Waals surface area contributed by atoms with Crippen molar-refractivity contribution >= 4 is 34.1 Å². The molecule has 0 bridgehead atoms. The molecule has 0 aliphatic heterocycles. The molecule has 0 spiro atoms. The van der Waals surface area contributed by atoms with Crippen LogP contribution in [0, 0.1) is 19.7 Å². The number of fused-ring (bicyclic) bond motifs is 1. The average molecular weight is 540 g/mol. The van der Waals surface area contributed by atoms with Crippen molar-refractivity contribution in [2.45, 2.75) is 38.6 Å². The monoisotopic (exact) mass is 539 g/mol. The summed E-state index contributed by atoms with van der Waals surface area (Å²) < 4.78 is 19.4. The van der Waals surface area contributed by atoms with Crippen LogP contribution in [-0.2, 0) is 12.0 Å². The highest BCUT2D eigenvalue weighted by Gasteiger charge is 2.48. The largest absolute Gasteiger partial charge is 0.460 e. The molecule has 1 fully saturated rings. The third kappa shape index (κ3) is 4.72. The molecule has 39 heavy (non-hydrogen) atoms. The quantitative estimate of drug-likeness (QED) is 0.249. The van der Waals surface area contributed by atoms with Crippen LogP contribution >= 0.6 is 11.3 Å². The van der Waals surface area contributed by atoms with E-state index in [1.54, 1.807) is 29.5 Å². The second-order valence-corrected chi connectivity index (χ2v) is 11.4. The maximum Gasteiger partial charge on any atom is 0.252 e. The van der Waals surface area contributed by atoms with Gasteiger partial charge in [0, 0.05) is 28.4 Å². The highest BCUT2D eigenvalue weighted by atomic mass is 32.1. The summed E-state index contributed by atoms with van der Waals surface area (Å²) in [6.07, 6.45) is 3.89. The third-order valence-electron chi connectivity index (χ3n) is 7.23. The van der Waals surface area contributed by atoms with Gasteiger partial charge in [0.1, 0.15) is 22.2 Å². The smallest absolute Gasteiger partial charge is 0.252 e. The van der Waals surface area contributed by atoms with Crippen molar-refractivity contribution in [1.29, 1.82) is 0 Å². The summed E-state index contributed by atoms with van der Waals surface area (Å²) in [4.78, 5) is 31.4. The van der Waals surface area contributed by atoms with Crippen LogP contribution in [0.4, 0.5) is 4.39 Å². The van der Waals surface area contributed by atoms with Gasteiger partial charge in [-0.1, -0.05) is 24.3 Å². The van der Waals surface area contributed by atoms with Crippen LogP contribution in [0.3, 0.4) is 0 Å². The predicted molar refractivity (Wildman–Crippen MR) is 149 cm³/mol. The van der Waals surface area contributed by atoms with Gasteiger partial charge in [-0.05, 0) is 85.3 Å². The van der Waals surface area contributed by atoms with Crippen molar-refractivity contribution in [3.63, 3.8) is 0 Å². The second kappa shape index (κ2) is 9.47. The molecule has 1 aliphatic carbocycles. The minimum Gasteiger partial charge on any atom is -0.460 e. The number of hydrogen-bond donors (Lipinski definition) is 2. The number of nitrogens with zero attached hydrogens (tertiary/aromatic N) is 1. The minimum atomic E-state index is -0.597. The first-order valence-electron chi connectivity index (χ1n) is 12.7. The van der Waals surface area contributed by atoms with E-state index in [0.717, 1.165) is 45.0 Å². The highest BCUT2D eigenvalue weighted by Crippen LogP contribution is 2.47. The van der Waals surface area contributed by atoms with E-state index in [1.165, 1.54) is 12.1 Å². The van der Waals surface area contributed by atoms with Gasteiger partial charge in [0.15, 0.2) is 0 Å². The van der Waals surface area contributed by atoms with E-state index in [-0.39, 0.29) is 17.3 Å². The molecule has 0 atom stereocenters. The number of carbonyl (C=O) groups excluding carboxylic acids is 2. The molecule has 0 unspecified atom stereocenters. The number of carbonyl (C=O) groups is 2.